The maximum absolute atomic E-state index is 11.9. The maximum atomic E-state index is 11.9. The molecule has 0 heterocycles. The summed E-state index contributed by atoms with van der Waals surface area (Å²) in [6, 6.07) is 5.29. The second-order valence-corrected chi connectivity index (χ2v) is 3.88. The Kier molecular flexibility index (Phi) is 6.21. The molecular formula is C12H15ClF3NO. The molecule has 1 aromatic rings. The molecule has 0 bridgehead atoms. The van der Waals surface area contributed by atoms with Crippen molar-refractivity contribution >= 4 is 12.4 Å². The minimum absolute atomic E-state index is 0. The highest BCUT2D eigenvalue weighted by Gasteiger charge is 2.30. The SMILES string of the molecule is C=C(C)C[C@H](N)c1ccc(OC(F)(F)F)cc1.Cl. The van der Waals surface area contributed by atoms with Gasteiger partial charge in [0.15, 0.2) is 0 Å². The fourth-order valence-electron chi connectivity index (χ4n) is 1.41. The van der Waals surface area contributed by atoms with Gasteiger partial charge in [-0.2, -0.15) is 0 Å². The van der Waals surface area contributed by atoms with Crippen LogP contribution in [-0.2, 0) is 0 Å². The highest BCUT2D eigenvalue weighted by Crippen LogP contribution is 2.25. The van der Waals surface area contributed by atoms with Crippen molar-refractivity contribution in [2.75, 3.05) is 0 Å². The van der Waals surface area contributed by atoms with Crippen molar-refractivity contribution in [3.63, 3.8) is 0 Å². The lowest BCUT2D eigenvalue weighted by Gasteiger charge is -2.13. The topological polar surface area (TPSA) is 35.2 Å². The highest BCUT2D eigenvalue weighted by molar-refractivity contribution is 5.85. The summed E-state index contributed by atoms with van der Waals surface area (Å²) >= 11 is 0. The van der Waals surface area contributed by atoms with E-state index in [2.05, 4.69) is 11.3 Å². The molecule has 0 fully saturated rings. The first-order valence-electron chi connectivity index (χ1n) is 5.03. The smallest absolute Gasteiger partial charge is 0.406 e. The van der Waals surface area contributed by atoms with Crippen LogP contribution in [0.1, 0.15) is 24.9 Å². The molecule has 102 valence electrons. The summed E-state index contributed by atoms with van der Waals surface area (Å²) < 4.78 is 39.5. The monoisotopic (exact) mass is 281 g/mol. The molecule has 0 saturated heterocycles. The van der Waals surface area contributed by atoms with E-state index in [-0.39, 0.29) is 24.2 Å². The van der Waals surface area contributed by atoms with Crippen LogP contribution in [0.4, 0.5) is 13.2 Å². The summed E-state index contributed by atoms with van der Waals surface area (Å²) in [4.78, 5) is 0. The maximum Gasteiger partial charge on any atom is 0.573 e. The third-order valence-corrected chi connectivity index (χ3v) is 2.11. The highest BCUT2D eigenvalue weighted by atomic mass is 35.5. The first-order chi connectivity index (χ1) is 7.78. The van der Waals surface area contributed by atoms with Gasteiger partial charge >= 0.3 is 6.36 Å². The molecule has 0 aromatic heterocycles. The normalized spacial score (nSPS) is 12.5. The molecule has 0 radical (unpaired) electrons. The number of rotatable bonds is 4. The average Bonchev–Trinajstić information content (AvgIpc) is 2.15. The molecular weight excluding hydrogens is 267 g/mol. The van der Waals surface area contributed by atoms with Crippen LogP contribution in [0.3, 0.4) is 0 Å². The second kappa shape index (κ2) is 6.66. The summed E-state index contributed by atoms with van der Waals surface area (Å²) in [7, 11) is 0. The number of nitrogens with two attached hydrogens (primary N) is 1. The van der Waals surface area contributed by atoms with Gasteiger partial charge in [-0.15, -0.1) is 32.2 Å². The van der Waals surface area contributed by atoms with Crippen molar-refractivity contribution in [1.82, 2.24) is 0 Å². The van der Waals surface area contributed by atoms with Gasteiger partial charge < -0.3 is 10.5 Å². The molecule has 0 unspecified atom stereocenters. The molecule has 0 saturated carbocycles. The summed E-state index contributed by atoms with van der Waals surface area (Å²) in [5, 5.41) is 0. The molecule has 2 N–H and O–H groups in total. The van der Waals surface area contributed by atoms with Crippen molar-refractivity contribution in [1.29, 1.82) is 0 Å². The molecule has 18 heavy (non-hydrogen) atoms. The van der Waals surface area contributed by atoms with Gasteiger partial charge in [-0.3, -0.25) is 0 Å². The minimum atomic E-state index is -4.67. The summed E-state index contributed by atoms with van der Waals surface area (Å²) in [5.41, 5.74) is 7.53. The molecule has 0 amide bonds. The van der Waals surface area contributed by atoms with Gasteiger partial charge in [-0.05, 0) is 31.0 Å². The van der Waals surface area contributed by atoms with E-state index in [0.717, 1.165) is 11.1 Å². The number of hydrogen-bond donors (Lipinski definition) is 1. The van der Waals surface area contributed by atoms with Gasteiger partial charge in [0, 0.05) is 6.04 Å². The predicted octanol–water partition coefficient (Wildman–Crippen LogP) is 3.97. The largest absolute Gasteiger partial charge is 0.573 e. The van der Waals surface area contributed by atoms with E-state index in [9.17, 15) is 13.2 Å². The van der Waals surface area contributed by atoms with Crippen molar-refractivity contribution in [2.24, 2.45) is 5.73 Å². The van der Waals surface area contributed by atoms with Crippen LogP contribution < -0.4 is 10.5 Å². The Morgan fingerprint density at radius 3 is 2.22 bits per heavy atom. The van der Waals surface area contributed by atoms with Gasteiger partial charge in [0.05, 0.1) is 0 Å². The zero-order chi connectivity index (χ0) is 13.1. The number of hydrogen-bond acceptors (Lipinski definition) is 2. The van der Waals surface area contributed by atoms with Gasteiger partial charge in [-0.25, -0.2) is 0 Å². The van der Waals surface area contributed by atoms with Gasteiger partial charge in [-0.1, -0.05) is 17.7 Å². The number of halogens is 4. The predicted molar refractivity (Wildman–Crippen MR) is 66.7 cm³/mol. The number of benzene rings is 1. The summed E-state index contributed by atoms with van der Waals surface area (Å²) in [5.74, 6) is -0.247. The number of alkyl halides is 3. The van der Waals surface area contributed by atoms with Crippen molar-refractivity contribution in [3.8, 4) is 5.75 Å². The van der Waals surface area contributed by atoms with E-state index in [0.29, 0.717) is 6.42 Å². The quantitative estimate of drug-likeness (QED) is 0.848. The third kappa shape index (κ3) is 5.93. The lowest BCUT2D eigenvalue weighted by atomic mass is 10.0. The van der Waals surface area contributed by atoms with E-state index in [1.807, 2.05) is 6.92 Å². The Labute approximate surface area is 110 Å². The molecule has 0 spiro atoms. The Balaban J connectivity index is 0.00000289. The Hall–Kier alpha value is -1.20. The Morgan fingerprint density at radius 1 is 1.33 bits per heavy atom. The van der Waals surface area contributed by atoms with Gasteiger partial charge in [0.2, 0.25) is 0 Å². The van der Waals surface area contributed by atoms with E-state index in [1.165, 1.54) is 24.3 Å². The van der Waals surface area contributed by atoms with E-state index in [4.69, 9.17) is 5.73 Å². The molecule has 2 nitrogen and oxygen atoms in total. The standard InChI is InChI=1S/C12H14F3NO.ClH/c1-8(2)7-11(16)9-3-5-10(6-4-9)17-12(13,14)15;/h3-6,11H,1,7,16H2,2H3;1H/t11-;/m0./s1. The molecule has 1 rings (SSSR count). The van der Waals surface area contributed by atoms with E-state index in [1.54, 1.807) is 0 Å². The molecule has 1 aromatic carbocycles. The van der Waals surface area contributed by atoms with Crippen molar-refractivity contribution < 1.29 is 17.9 Å². The first kappa shape index (κ1) is 16.8. The Bertz CT molecular complexity index is 389. The van der Waals surface area contributed by atoms with Crippen LogP contribution >= 0.6 is 12.4 Å². The van der Waals surface area contributed by atoms with Crippen LogP contribution in [0.15, 0.2) is 36.4 Å². The number of ether oxygens (including phenoxy) is 1. The fraction of sp³-hybridized carbons (Fsp3) is 0.333. The van der Waals surface area contributed by atoms with E-state index >= 15 is 0 Å². The zero-order valence-corrected chi connectivity index (χ0v) is 10.6. The van der Waals surface area contributed by atoms with Crippen molar-refractivity contribution in [3.05, 3.63) is 42.0 Å². The van der Waals surface area contributed by atoms with Gasteiger partial charge in [0.1, 0.15) is 5.75 Å². The first-order valence-corrected chi connectivity index (χ1v) is 5.03. The summed E-state index contributed by atoms with van der Waals surface area (Å²) in [6.45, 7) is 5.58. The fourth-order valence-corrected chi connectivity index (χ4v) is 1.41. The lowest BCUT2D eigenvalue weighted by molar-refractivity contribution is -0.274. The molecule has 0 aliphatic heterocycles. The Morgan fingerprint density at radius 2 is 1.83 bits per heavy atom. The summed E-state index contributed by atoms with van der Waals surface area (Å²) in [6.07, 6.45) is -4.07. The third-order valence-electron chi connectivity index (χ3n) is 2.11. The molecule has 6 heteroatoms. The van der Waals surface area contributed by atoms with Crippen LogP contribution in [0.25, 0.3) is 0 Å². The second-order valence-electron chi connectivity index (χ2n) is 3.88. The average molecular weight is 282 g/mol. The van der Waals surface area contributed by atoms with Crippen LogP contribution in [0.5, 0.6) is 5.75 Å². The van der Waals surface area contributed by atoms with Crippen LogP contribution in [0.2, 0.25) is 0 Å². The molecule has 1 atom stereocenters. The van der Waals surface area contributed by atoms with Gasteiger partial charge in [0.25, 0.3) is 0 Å². The minimum Gasteiger partial charge on any atom is -0.406 e. The molecule has 0 aliphatic rings. The van der Waals surface area contributed by atoms with Crippen LogP contribution in [0, 0.1) is 0 Å². The zero-order valence-electron chi connectivity index (χ0n) is 9.83. The van der Waals surface area contributed by atoms with Crippen LogP contribution in [-0.4, -0.2) is 6.36 Å². The van der Waals surface area contributed by atoms with E-state index < -0.39 is 6.36 Å². The lowest BCUT2D eigenvalue weighted by Crippen LogP contribution is -2.17. The van der Waals surface area contributed by atoms with Crippen molar-refractivity contribution in [2.45, 2.75) is 25.7 Å². The molecule has 0 aliphatic carbocycles.